The van der Waals surface area contributed by atoms with Crippen molar-refractivity contribution in [3.63, 3.8) is 0 Å². The van der Waals surface area contributed by atoms with E-state index < -0.39 is 0 Å². The molecule has 150 valence electrons. The number of hydrogen-bond acceptors (Lipinski definition) is 4. The van der Waals surface area contributed by atoms with Crippen molar-refractivity contribution < 1.29 is 9.59 Å². The zero-order chi connectivity index (χ0) is 19.2. The molecule has 0 unspecified atom stereocenters. The summed E-state index contributed by atoms with van der Waals surface area (Å²) in [5, 5.41) is 7.26. The fourth-order valence-corrected chi connectivity index (χ4v) is 5.14. The van der Waals surface area contributed by atoms with Gasteiger partial charge < -0.3 is 15.5 Å². The first kappa shape index (κ1) is 20.1. The predicted octanol–water partition coefficient (Wildman–Crippen LogP) is 3.64. The molecule has 2 fully saturated rings. The fourth-order valence-electron chi connectivity index (χ4n) is 4.00. The van der Waals surface area contributed by atoms with Crippen LogP contribution in [0, 0.1) is 6.92 Å². The minimum atomic E-state index is -0.0471. The number of aryl methyl sites for hydroxylation is 2. The van der Waals surface area contributed by atoms with Crippen LogP contribution in [0.2, 0.25) is 0 Å². The first-order valence-electron chi connectivity index (χ1n) is 10.4. The van der Waals surface area contributed by atoms with E-state index in [1.54, 1.807) is 0 Å². The van der Waals surface area contributed by atoms with E-state index in [9.17, 15) is 9.59 Å². The second kappa shape index (κ2) is 9.53. The third-order valence-electron chi connectivity index (χ3n) is 5.56. The zero-order valence-corrected chi connectivity index (χ0v) is 17.4. The molecule has 1 saturated carbocycles. The molecule has 3 amide bonds. The molecule has 0 radical (unpaired) electrons. The topological polar surface area (TPSA) is 74.3 Å². The molecule has 6 nitrogen and oxygen atoms in total. The summed E-state index contributed by atoms with van der Waals surface area (Å²) in [5.41, 5.74) is 0.848. The number of thiazole rings is 1. The van der Waals surface area contributed by atoms with Gasteiger partial charge in [-0.15, -0.1) is 11.3 Å². The highest BCUT2D eigenvalue weighted by Crippen LogP contribution is 2.23. The van der Waals surface area contributed by atoms with E-state index in [0.29, 0.717) is 19.1 Å². The molecule has 2 N–H and O–H groups in total. The summed E-state index contributed by atoms with van der Waals surface area (Å²) < 4.78 is 0. The van der Waals surface area contributed by atoms with Crippen molar-refractivity contribution >= 4 is 23.3 Å². The van der Waals surface area contributed by atoms with E-state index in [-0.39, 0.29) is 18.0 Å². The van der Waals surface area contributed by atoms with E-state index in [1.165, 1.54) is 30.6 Å². The van der Waals surface area contributed by atoms with Crippen molar-refractivity contribution in [1.29, 1.82) is 0 Å². The number of rotatable bonds is 5. The van der Waals surface area contributed by atoms with Crippen molar-refractivity contribution in [2.75, 3.05) is 13.1 Å². The Kier molecular flexibility index (Phi) is 7.10. The van der Waals surface area contributed by atoms with Crippen molar-refractivity contribution in [3.8, 4) is 0 Å². The van der Waals surface area contributed by atoms with Gasteiger partial charge in [-0.3, -0.25) is 4.79 Å². The number of hydrogen-bond donors (Lipinski definition) is 2. The Morgan fingerprint density at radius 3 is 2.33 bits per heavy atom. The maximum absolute atomic E-state index is 12.8. The van der Waals surface area contributed by atoms with Gasteiger partial charge in [0.2, 0.25) is 0 Å². The highest BCUT2D eigenvalue weighted by atomic mass is 32.1. The summed E-state index contributed by atoms with van der Waals surface area (Å²) in [5.74, 6) is 0.0949. The molecule has 1 aliphatic heterocycles. The molecule has 0 spiro atoms. The number of aromatic nitrogens is 1. The van der Waals surface area contributed by atoms with Crippen LogP contribution in [-0.2, 0) is 6.42 Å². The van der Waals surface area contributed by atoms with Gasteiger partial charge in [0.1, 0.15) is 4.88 Å². The van der Waals surface area contributed by atoms with Crippen LogP contribution in [0.25, 0.3) is 0 Å². The van der Waals surface area contributed by atoms with Crippen molar-refractivity contribution in [2.45, 2.75) is 83.7 Å². The smallest absolute Gasteiger partial charge is 0.315 e. The molecule has 2 aliphatic rings. The Hall–Kier alpha value is -1.63. The van der Waals surface area contributed by atoms with Crippen molar-refractivity contribution in [3.05, 3.63) is 15.6 Å². The number of carbonyl (C=O) groups excluding carboxylic acids is 2. The predicted molar refractivity (Wildman–Crippen MR) is 108 cm³/mol. The summed E-state index contributed by atoms with van der Waals surface area (Å²) in [4.78, 5) is 32.3. The van der Waals surface area contributed by atoms with Crippen LogP contribution >= 0.6 is 11.3 Å². The average molecular weight is 393 g/mol. The SMILES string of the molecule is CCCc1nc(C)c(C(=O)N2CCC(NC(=O)NC3CCCCC3)CC2)s1. The van der Waals surface area contributed by atoms with Crippen LogP contribution in [-0.4, -0.2) is 47.0 Å². The van der Waals surface area contributed by atoms with Gasteiger partial charge in [0.15, 0.2) is 0 Å². The van der Waals surface area contributed by atoms with Crippen LogP contribution in [0.1, 0.15) is 78.7 Å². The van der Waals surface area contributed by atoms with E-state index >= 15 is 0 Å². The molecular formula is C20H32N4O2S. The first-order chi connectivity index (χ1) is 13.1. The zero-order valence-electron chi connectivity index (χ0n) is 16.6. The normalized spacial score (nSPS) is 19.1. The van der Waals surface area contributed by atoms with Gasteiger partial charge in [-0.2, -0.15) is 0 Å². The monoisotopic (exact) mass is 392 g/mol. The summed E-state index contributed by atoms with van der Waals surface area (Å²) in [6, 6.07) is 0.428. The Morgan fingerprint density at radius 2 is 1.70 bits per heavy atom. The molecule has 0 atom stereocenters. The van der Waals surface area contributed by atoms with E-state index in [0.717, 1.165) is 54.1 Å². The van der Waals surface area contributed by atoms with Gasteiger partial charge in [0.05, 0.1) is 10.7 Å². The Balaban J connectivity index is 1.45. The van der Waals surface area contributed by atoms with Crippen LogP contribution < -0.4 is 10.6 Å². The number of nitrogens with one attached hydrogen (secondary N) is 2. The lowest BCUT2D eigenvalue weighted by Crippen LogP contribution is -2.51. The number of urea groups is 1. The summed E-state index contributed by atoms with van der Waals surface area (Å²) in [6.45, 7) is 5.43. The molecule has 2 heterocycles. The second-order valence-corrected chi connectivity index (χ2v) is 8.87. The van der Waals surface area contributed by atoms with Gasteiger partial charge in [-0.25, -0.2) is 9.78 Å². The molecule has 1 aliphatic carbocycles. The van der Waals surface area contributed by atoms with E-state index in [1.807, 2.05) is 11.8 Å². The first-order valence-corrected chi connectivity index (χ1v) is 11.2. The van der Waals surface area contributed by atoms with Gasteiger partial charge in [-0.05, 0) is 45.4 Å². The number of carbonyl (C=O) groups is 2. The number of nitrogens with zero attached hydrogens (tertiary/aromatic N) is 2. The third-order valence-corrected chi connectivity index (χ3v) is 6.76. The van der Waals surface area contributed by atoms with Gasteiger partial charge in [-0.1, -0.05) is 26.2 Å². The minimum absolute atomic E-state index is 0.0471. The van der Waals surface area contributed by atoms with Gasteiger partial charge in [0.25, 0.3) is 5.91 Å². The summed E-state index contributed by atoms with van der Waals surface area (Å²) >= 11 is 1.53. The summed E-state index contributed by atoms with van der Waals surface area (Å²) in [6.07, 6.45) is 9.48. The molecule has 0 aromatic carbocycles. The average Bonchev–Trinajstić information content (AvgIpc) is 3.03. The lowest BCUT2D eigenvalue weighted by molar-refractivity contribution is 0.0712. The number of piperidine rings is 1. The number of likely N-dealkylation sites (tertiary alicyclic amines) is 1. The van der Waals surface area contributed by atoms with Crippen molar-refractivity contribution in [1.82, 2.24) is 20.5 Å². The molecule has 7 heteroatoms. The Bertz CT molecular complexity index is 646. The van der Waals surface area contributed by atoms with Crippen LogP contribution in [0.5, 0.6) is 0 Å². The molecule has 1 aromatic rings. The van der Waals surface area contributed by atoms with E-state index in [4.69, 9.17) is 0 Å². The standard InChI is InChI=1S/C20H32N4O2S/c1-3-7-17-21-14(2)18(27-17)19(25)24-12-10-16(11-13-24)23-20(26)22-15-8-5-4-6-9-15/h15-16H,3-13H2,1-2H3,(H2,22,23,26). The number of amides is 3. The lowest BCUT2D eigenvalue weighted by atomic mass is 9.96. The van der Waals surface area contributed by atoms with E-state index in [2.05, 4.69) is 22.5 Å². The second-order valence-electron chi connectivity index (χ2n) is 7.79. The molecule has 3 rings (SSSR count). The minimum Gasteiger partial charge on any atom is -0.338 e. The highest BCUT2D eigenvalue weighted by Gasteiger charge is 2.27. The fraction of sp³-hybridized carbons (Fsp3) is 0.750. The Morgan fingerprint density at radius 1 is 1.07 bits per heavy atom. The summed E-state index contributed by atoms with van der Waals surface area (Å²) in [7, 11) is 0. The maximum Gasteiger partial charge on any atom is 0.315 e. The molecule has 27 heavy (non-hydrogen) atoms. The van der Waals surface area contributed by atoms with Gasteiger partial charge in [0, 0.05) is 25.2 Å². The van der Waals surface area contributed by atoms with Crippen LogP contribution in [0.3, 0.4) is 0 Å². The molecular weight excluding hydrogens is 360 g/mol. The van der Waals surface area contributed by atoms with Crippen LogP contribution in [0.4, 0.5) is 4.79 Å². The largest absolute Gasteiger partial charge is 0.338 e. The molecule has 0 bridgehead atoms. The highest BCUT2D eigenvalue weighted by molar-refractivity contribution is 7.13. The van der Waals surface area contributed by atoms with Gasteiger partial charge >= 0.3 is 6.03 Å². The quantitative estimate of drug-likeness (QED) is 0.803. The van der Waals surface area contributed by atoms with Crippen molar-refractivity contribution in [2.24, 2.45) is 0 Å². The van der Waals surface area contributed by atoms with Crippen LogP contribution in [0.15, 0.2) is 0 Å². The third kappa shape index (κ3) is 5.43. The lowest BCUT2D eigenvalue weighted by Gasteiger charge is -2.33. The Labute approximate surface area is 166 Å². The molecule has 1 saturated heterocycles. The molecule has 1 aromatic heterocycles. The maximum atomic E-state index is 12.8.